The number of hydrogen-bond donors (Lipinski definition) is 1. The molecule has 0 radical (unpaired) electrons. The van der Waals surface area contributed by atoms with Crippen molar-refractivity contribution in [2.45, 2.75) is 44.6 Å². The third-order valence-corrected chi connectivity index (χ3v) is 5.56. The molecular formula is C15H21ClIN. The van der Waals surface area contributed by atoms with Crippen molar-refractivity contribution < 1.29 is 0 Å². The minimum atomic E-state index is 0.456. The Balaban J connectivity index is 2.17. The summed E-state index contributed by atoms with van der Waals surface area (Å²) in [6.45, 7) is 0. The van der Waals surface area contributed by atoms with Crippen molar-refractivity contribution in [1.82, 2.24) is 5.32 Å². The zero-order chi connectivity index (χ0) is 13.0. The molecule has 1 aliphatic rings. The van der Waals surface area contributed by atoms with Gasteiger partial charge in [0.15, 0.2) is 0 Å². The quantitative estimate of drug-likeness (QED) is 0.565. The predicted octanol–water partition coefficient (Wildman–Crippen LogP) is 5.18. The van der Waals surface area contributed by atoms with Crippen LogP contribution in [0.15, 0.2) is 18.2 Å². The van der Waals surface area contributed by atoms with Crippen LogP contribution in [0.1, 0.15) is 50.1 Å². The number of halogens is 2. The summed E-state index contributed by atoms with van der Waals surface area (Å²) in [7, 11) is 2.07. The maximum Gasteiger partial charge on any atom is 0.0542 e. The van der Waals surface area contributed by atoms with Crippen LogP contribution in [-0.4, -0.2) is 7.05 Å². The first-order chi connectivity index (χ1) is 8.72. The van der Waals surface area contributed by atoms with Gasteiger partial charge < -0.3 is 5.32 Å². The van der Waals surface area contributed by atoms with Crippen LogP contribution in [-0.2, 0) is 0 Å². The fourth-order valence-corrected chi connectivity index (χ4v) is 3.55. The normalized spacial score (nSPS) is 19.5. The van der Waals surface area contributed by atoms with E-state index in [0.717, 1.165) is 14.5 Å². The first-order valence-electron chi connectivity index (χ1n) is 6.84. The molecule has 0 amide bonds. The highest BCUT2D eigenvalue weighted by atomic mass is 127. The second-order valence-corrected chi connectivity index (χ2v) is 6.76. The summed E-state index contributed by atoms with van der Waals surface area (Å²) in [5, 5.41) is 4.38. The molecular weight excluding hydrogens is 357 g/mol. The summed E-state index contributed by atoms with van der Waals surface area (Å²) in [5.74, 6) is 0.758. The zero-order valence-electron chi connectivity index (χ0n) is 10.9. The van der Waals surface area contributed by atoms with Crippen LogP contribution in [0, 0.1) is 9.49 Å². The van der Waals surface area contributed by atoms with E-state index in [-0.39, 0.29) is 0 Å². The van der Waals surface area contributed by atoms with Gasteiger partial charge in [-0.2, -0.15) is 0 Å². The Morgan fingerprint density at radius 1 is 1.22 bits per heavy atom. The van der Waals surface area contributed by atoms with Crippen molar-refractivity contribution in [1.29, 1.82) is 0 Å². The van der Waals surface area contributed by atoms with Crippen LogP contribution in [0.25, 0.3) is 0 Å². The third kappa shape index (κ3) is 3.61. The minimum Gasteiger partial charge on any atom is -0.313 e. The van der Waals surface area contributed by atoms with Gasteiger partial charge in [0, 0.05) is 9.61 Å². The third-order valence-electron chi connectivity index (χ3n) is 3.99. The van der Waals surface area contributed by atoms with Crippen molar-refractivity contribution in [3.05, 3.63) is 32.4 Å². The summed E-state index contributed by atoms with van der Waals surface area (Å²) >= 11 is 8.54. The molecule has 2 rings (SSSR count). The molecule has 1 nitrogen and oxygen atoms in total. The second-order valence-electron chi connectivity index (χ2n) is 5.19. The van der Waals surface area contributed by atoms with Crippen LogP contribution in [0.5, 0.6) is 0 Å². The maximum absolute atomic E-state index is 6.25. The highest BCUT2D eigenvalue weighted by Gasteiger charge is 2.23. The highest BCUT2D eigenvalue weighted by Crippen LogP contribution is 2.34. The van der Waals surface area contributed by atoms with Crippen molar-refractivity contribution in [2.75, 3.05) is 7.05 Å². The molecule has 0 saturated heterocycles. The van der Waals surface area contributed by atoms with E-state index in [2.05, 4.69) is 53.2 Å². The lowest BCUT2D eigenvalue weighted by Gasteiger charge is -2.26. The second kappa shape index (κ2) is 7.11. The van der Waals surface area contributed by atoms with Crippen molar-refractivity contribution >= 4 is 34.2 Å². The summed E-state index contributed by atoms with van der Waals surface area (Å²) in [5.41, 5.74) is 1.34. The lowest BCUT2D eigenvalue weighted by molar-refractivity contribution is 0.341. The van der Waals surface area contributed by atoms with E-state index in [4.69, 9.17) is 11.6 Å². The molecule has 0 heterocycles. The summed E-state index contributed by atoms with van der Waals surface area (Å²) < 4.78 is 1.13. The molecule has 18 heavy (non-hydrogen) atoms. The van der Waals surface area contributed by atoms with Crippen molar-refractivity contribution in [3.8, 4) is 0 Å². The van der Waals surface area contributed by atoms with Crippen molar-refractivity contribution in [2.24, 2.45) is 5.92 Å². The first-order valence-corrected chi connectivity index (χ1v) is 8.30. The Bertz CT molecular complexity index is 386. The molecule has 1 aliphatic carbocycles. The SMILES string of the molecule is CNC(c1ccc(I)c(Cl)c1)C1CCCCCC1. The van der Waals surface area contributed by atoms with E-state index < -0.39 is 0 Å². The van der Waals surface area contributed by atoms with Gasteiger partial charge in [-0.05, 0) is 66.1 Å². The predicted molar refractivity (Wildman–Crippen MR) is 87.2 cm³/mol. The van der Waals surface area contributed by atoms with E-state index in [0.29, 0.717) is 6.04 Å². The molecule has 1 aromatic carbocycles. The van der Waals surface area contributed by atoms with Gasteiger partial charge >= 0.3 is 0 Å². The molecule has 1 saturated carbocycles. The van der Waals surface area contributed by atoms with Crippen LogP contribution >= 0.6 is 34.2 Å². The molecule has 1 aromatic rings. The Morgan fingerprint density at radius 2 is 1.89 bits per heavy atom. The van der Waals surface area contributed by atoms with Gasteiger partial charge in [0.1, 0.15) is 0 Å². The molecule has 1 atom stereocenters. The van der Waals surface area contributed by atoms with E-state index in [1.54, 1.807) is 0 Å². The molecule has 100 valence electrons. The zero-order valence-corrected chi connectivity index (χ0v) is 13.8. The highest BCUT2D eigenvalue weighted by molar-refractivity contribution is 14.1. The van der Waals surface area contributed by atoms with Gasteiger partial charge in [0.2, 0.25) is 0 Å². The molecule has 1 unspecified atom stereocenters. The van der Waals surface area contributed by atoms with Crippen LogP contribution in [0.4, 0.5) is 0 Å². The van der Waals surface area contributed by atoms with Gasteiger partial charge in [0.25, 0.3) is 0 Å². The molecule has 3 heteroatoms. The lowest BCUT2D eigenvalue weighted by atomic mass is 9.87. The molecule has 1 N–H and O–H groups in total. The lowest BCUT2D eigenvalue weighted by Crippen LogP contribution is -2.25. The monoisotopic (exact) mass is 377 g/mol. The average molecular weight is 378 g/mol. The van der Waals surface area contributed by atoms with E-state index in [1.807, 2.05) is 0 Å². The Kier molecular flexibility index (Phi) is 5.77. The van der Waals surface area contributed by atoms with Crippen molar-refractivity contribution in [3.63, 3.8) is 0 Å². The van der Waals surface area contributed by atoms with E-state index in [9.17, 15) is 0 Å². The van der Waals surface area contributed by atoms with E-state index in [1.165, 1.54) is 44.1 Å². The Hall–Kier alpha value is 0.200. The van der Waals surface area contributed by atoms with Gasteiger partial charge in [-0.3, -0.25) is 0 Å². The molecule has 1 fully saturated rings. The van der Waals surface area contributed by atoms with E-state index >= 15 is 0 Å². The van der Waals surface area contributed by atoms with Gasteiger partial charge in [-0.1, -0.05) is 43.4 Å². The topological polar surface area (TPSA) is 12.0 Å². The average Bonchev–Trinajstić information content (AvgIpc) is 2.64. The van der Waals surface area contributed by atoms with Gasteiger partial charge in [-0.25, -0.2) is 0 Å². The summed E-state index contributed by atoms with van der Waals surface area (Å²) in [4.78, 5) is 0. The number of benzene rings is 1. The molecule has 0 aliphatic heterocycles. The largest absolute Gasteiger partial charge is 0.313 e. The first kappa shape index (κ1) is 14.6. The number of nitrogens with one attached hydrogen (secondary N) is 1. The van der Waals surface area contributed by atoms with Crippen LogP contribution < -0.4 is 5.32 Å². The summed E-state index contributed by atoms with van der Waals surface area (Å²) in [6.07, 6.45) is 8.24. The van der Waals surface area contributed by atoms with Gasteiger partial charge in [-0.15, -0.1) is 0 Å². The molecule has 0 bridgehead atoms. The molecule has 0 aromatic heterocycles. The molecule has 0 spiro atoms. The minimum absolute atomic E-state index is 0.456. The number of hydrogen-bond acceptors (Lipinski definition) is 1. The Labute approximate surface area is 129 Å². The fraction of sp³-hybridized carbons (Fsp3) is 0.600. The van der Waals surface area contributed by atoms with Crippen LogP contribution in [0.2, 0.25) is 5.02 Å². The Morgan fingerprint density at radius 3 is 2.44 bits per heavy atom. The van der Waals surface area contributed by atoms with Crippen LogP contribution in [0.3, 0.4) is 0 Å². The van der Waals surface area contributed by atoms with Gasteiger partial charge in [0.05, 0.1) is 5.02 Å². The smallest absolute Gasteiger partial charge is 0.0542 e. The standard InChI is InChI=1S/C15H21ClIN/c1-18-15(11-6-4-2-3-5-7-11)12-8-9-14(17)13(16)10-12/h8-11,15,18H,2-7H2,1H3. The summed E-state index contributed by atoms with van der Waals surface area (Å²) in [6, 6.07) is 6.94. The number of rotatable bonds is 3. The fourth-order valence-electron chi connectivity index (χ4n) is 3.02. The maximum atomic E-state index is 6.25.